The monoisotopic (exact) mass is 286 g/mol. The topological polar surface area (TPSA) is 48.1 Å². The molecule has 0 aromatic rings. The lowest BCUT2D eigenvalue weighted by molar-refractivity contribution is 0.545. The summed E-state index contributed by atoms with van der Waals surface area (Å²) in [6.07, 6.45) is 7.84. The van der Waals surface area contributed by atoms with Crippen molar-refractivity contribution in [1.82, 2.24) is 21.3 Å². The molecule has 4 heteroatoms. The lowest BCUT2D eigenvalue weighted by Gasteiger charge is -2.07. The summed E-state index contributed by atoms with van der Waals surface area (Å²) in [6.45, 7) is 13.4. The number of hydrogen-bond donors (Lipinski definition) is 4. The first-order chi connectivity index (χ1) is 9.91. The predicted octanol–water partition coefficient (Wildman–Crippen LogP) is 1.73. The molecule has 122 valence electrons. The number of nitrogens with one attached hydrogen (secondary N) is 4. The molecular weight excluding hydrogens is 248 g/mol. The summed E-state index contributed by atoms with van der Waals surface area (Å²) < 4.78 is 0. The summed E-state index contributed by atoms with van der Waals surface area (Å²) in [4.78, 5) is 0. The molecule has 0 aliphatic rings. The number of unbranched alkanes of at least 4 members (excludes halogenated alkanes) is 3. The number of rotatable bonds is 17. The van der Waals surface area contributed by atoms with Crippen molar-refractivity contribution in [2.75, 3.05) is 52.4 Å². The Morgan fingerprint density at radius 3 is 1.20 bits per heavy atom. The van der Waals surface area contributed by atoms with E-state index in [9.17, 15) is 0 Å². The average Bonchev–Trinajstić information content (AvgIpc) is 2.47. The molecule has 0 aliphatic carbocycles. The van der Waals surface area contributed by atoms with E-state index in [0.29, 0.717) is 0 Å². The van der Waals surface area contributed by atoms with Crippen LogP contribution in [0.2, 0.25) is 0 Å². The third kappa shape index (κ3) is 17.8. The molecule has 0 spiro atoms. The predicted molar refractivity (Wildman–Crippen MR) is 90.5 cm³/mol. The van der Waals surface area contributed by atoms with Crippen molar-refractivity contribution in [2.24, 2.45) is 0 Å². The van der Waals surface area contributed by atoms with Crippen LogP contribution in [-0.2, 0) is 0 Å². The van der Waals surface area contributed by atoms with Crippen LogP contribution in [0.5, 0.6) is 0 Å². The molecule has 0 atom stereocenters. The van der Waals surface area contributed by atoms with E-state index in [1.165, 1.54) is 51.6 Å². The minimum absolute atomic E-state index is 1.08. The molecular formula is C16H38N4. The van der Waals surface area contributed by atoms with Gasteiger partial charge in [0, 0.05) is 0 Å². The molecule has 0 fully saturated rings. The first-order valence-corrected chi connectivity index (χ1v) is 8.74. The molecule has 4 nitrogen and oxygen atoms in total. The van der Waals surface area contributed by atoms with Crippen LogP contribution >= 0.6 is 0 Å². The van der Waals surface area contributed by atoms with Crippen molar-refractivity contribution < 1.29 is 0 Å². The summed E-state index contributed by atoms with van der Waals surface area (Å²) in [5, 5.41) is 13.7. The zero-order valence-electron chi connectivity index (χ0n) is 13.9. The first kappa shape index (κ1) is 19.8. The van der Waals surface area contributed by atoms with Gasteiger partial charge in [0.2, 0.25) is 0 Å². The Bertz CT molecular complexity index is 147. The van der Waals surface area contributed by atoms with E-state index in [1.54, 1.807) is 0 Å². The van der Waals surface area contributed by atoms with Crippen molar-refractivity contribution in [1.29, 1.82) is 0 Å². The van der Waals surface area contributed by atoms with Gasteiger partial charge in [-0.1, -0.05) is 26.7 Å². The highest BCUT2D eigenvalue weighted by atomic mass is 14.9. The standard InChI is InChI=1S/C16H38N4/c1-3-17-11-7-5-6-8-12-19-15-10-16-20-14-9-13-18-4-2/h17-20H,3-16H2,1-2H3. The van der Waals surface area contributed by atoms with Gasteiger partial charge in [-0.15, -0.1) is 0 Å². The van der Waals surface area contributed by atoms with E-state index >= 15 is 0 Å². The smallest absolute Gasteiger partial charge is 0.00368 e. The van der Waals surface area contributed by atoms with Gasteiger partial charge in [-0.2, -0.15) is 0 Å². The van der Waals surface area contributed by atoms with Gasteiger partial charge in [-0.3, -0.25) is 0 Å². The molecule has 0 saturated carbocycles. The Kier molecular flexibility index (Phi) is 18.7. The van der Waals surface area contributed by atoms with E-state index in [0.717, 1.165) is 39.3 Å². The summed E-state index contributed by atoms with van der Waals surface area (Å²) in [5.41, 5.74) is 0. The second-order valence-corrected chi connectivity index (χ2v) is 5.33. The van der Waals surface area contributed by atoms with E-state index in [2.05, 4.69) is 35.1 Å². The van der Waals surface area contributed by atoms with E-state index in [4.69, 9.17) is 0 Å². The van der Waals surface area contributed by atoms with Gasteiger partial charge in [-0.25, -0.2) is 0 Å². The average molecular weight is 287 g/mol. The van der Waals surface area contributed by atoms with Gasteiger partial charge in [-0.05, 0) is 78.0 Å². The fourth-order valence-corrected chi connectivity index (χ4v) is 2.13. The highest BCUT2D eigenvalue weighted by molar-refractivity contribution is 4.54. The normalized spacial score (nSPS) is 11.1. The van der Waals surface area contributed by atoms with Crippen LogP contribution in [0.4, 0.5) is 0 Å². The van der Waals surface area contributed by atoms with Gasteiger partial charge in [0.15, 0.2) is 0 Å². The van der Waals surface area contributed by atoms with Crippen LogP contribution in [-0.4, -0.2) is 52.4 Å². The van der Waals surface area contributed by atoms with Crippen molar-refractivity contribution in [2.45, 2.75) is 52.4 Å². The Hall–Kier alpha value is -0.160. The van der Waals surface area contributed by atoms with Crippen molar-refractivity contribution >= 4 is 0 Å². The highest BCUT2D eigenvalue weighted by Gasteiger charge is 1.92. The molecule has 0 saturated heterocycles. The minimum atomic E-state index is 1.08. The number of hydrogen-bond acceptors (Lipinski definition) is 4. The highest BCUT2D eigenvalue weighted by Crippen LogP contribution is 1.97. The fraction of sp³-hybridized carbons (Fsp3) is 1.00. The molecule has 0 aromatic carbocycles. The van der Waals surface area contributed by atoms with Crippen molar-refractivity contribution in [3.8, 4) is 0 Å². The SMILES string of the molecule is CCNCCCCCCNCCCNCCCNCC. The van der Waals surface area contributed by atoms with Crippen LogP contribution in [0.25, 0.3) is 0 Å². The summed E-state index contributed by atoms with van der Waals surface area (Å²) in [7, 11) is 0. The van der Waals surface area contributed by atoms with Crippen molar-refractivity contribution in [3.05, 3.63) is 0 Å². The van der Waals surface area contributed by atoms with Crippen LogP contribution < -0.4 is 21.3 Å². The maximum absolute atomic E-state index is 3.53. The molecule has 0 heterocycles. The molecule has 4 N–H and O–H groups in total. The lowest BCUT2D eigenvalue weighted by atomic mass is 10.2. The third-order valence-electron chi connectivity index (χ3n) is 3.37. The zero-order chi connectivity index (χ0) is 14.7. The van der Waals surface area contributed by atoms with Gasteiger partial charge < -0.3 is 21.3 Å². The minimum Gasteiger partial charge on any atom is -0.317 e. The van der Waals surface area contributed by atoms with Crippen LogP contribution in [0, 0.1) is 0 Å². The van der Waals surface area contributed by atoms with Crippen LogP contribution in [0.1, 0.15) is 52.4 Å². The Labute approximate surface area is 126 Å². The molecule has 0 aromatic heterocycles. The second kappa shape index (κ2) is 18.8. The molecule has 0 bridgehead atoms. The van der Waals surface area contributed by atoms with E-state index in [1.807, 2.05) is 0 Å². The van der Waals surface area contributed by atoms with Gasteiger partial charge in [0.05, 0.1) is 0 Å². The summed E-state index contributed by atoms with van der Waals surface area (Å²) in [5.74, 6) is 0. The fourth-order valence-electron chi connectivity index (χ4n) is 2.13. The Balaban J connectivity index is 2.89. The molecule has 0 amide bonds. The van der Waals surface area contributed by atoms with Gasteiger partial charge >= 0.3 is 0 Å². The van der Waals surface area contributed by atoms with Gasteiger partial charge in [0.25, 0.3) is 0 Å². The summed E-state index contributed by atoms with van der Waals surface area (Å²) in [6, 6.07) is 0. The molecule has 20 heavy (non-hydrogen) atoms. The second-order valence-electron chi connectivity index (χ2n) is 5.33. The Morgan fingerprint density at radius 1 is 0.400 bits per heavy atom. The molecule has 0 aliphatic heterocycles. The zero-order valence-corrected chi connectivity index (χ0v) is 13.9. The molecule has 0 radical (unpaired) electrons. The van der Waals surface area contributed by atoms with Crippen LogP contribution in [0.3, 0.4) is 0 Å². The van der Waals surface area contributed by atoms with Gasteiger partial charge in [0.1, 0.15) is 0 Å². The van der Waals surface area contributed by atoms with E-state index < -0.39 is 0 Å². The van der Waals surface area contributed by atoms with Crippen LogP contribution in [0.15, 0.2) is 0 Å². The van der Waals surface area contributed by atoms with E-state index in [-0.39, 0.29) is 0 Å². The Morgan fingerprint density at radius 2 is 0.750 bits per heavy atom. The van der Waals surface area contributed by atoms with Crippen molar-refractivity contribution in [3.63, 3.8) is 0 Å². The first-order valence-electron chi connectivity index (χ1n) is 8.74. The lowest BCUT2D eigenvalue weighted by Crippen LogP contribution is -2.25. The quantitative estimate of drug-likeness (QED) is 0.308. The maximum atomic E-state index is 3.53. The molecule has 0 rings (SSSR count). The maximum Gasteiger partial charge on any atom is -0.00368 e. The third-order valence-corrected chi connectivity index (χ3v) is 3.37. The largest absolute Gasteiger partial charge is 0.317 e. The summed E-state index contributed by atoms with van der Waals surface area (Å²) >= 11 is 0. The molecule has 0 unspecified atom stereocenters.